The molecule has 0 spiro atoms. The molecule has 4 heteroatoms. The van der Waals surface area contributed by atoms with Crippen LogP contribution in [0.1, 0.15) is 24.8 Å². The first-order chi connectivity index (χ1) is 8.31. The van der Waals surface area contributed by atoms with Crippen LogP contribution in [0.25, 0.3) is 0 Å². The summed E-state index contributed by atoms with van der Waals surface area (Å²) in [4.78, 5) is 11.7. The molecule has 4 nitrogen and oxygen atoms in total. The minimum absolute atomic E-state index is 0.0877. The maximum absolute atomic E-state index is 11.7. The maximum atomic E-state index is 11.7. The number of ether oxygens (including phenoxy) is 1. The van der Waals surface area contributed by atoms with E-state index in [4.69, 9.17) is 10.00 Å². The summed E-state index contributed by atoms with van der Waals surface area (Å²) in [5.41, 5.74) is 0.463. The third-order valence-electron chi connectivity index (χ3n) is 2.76. The topological polar surface area (TPSA) is 62.1 Å². The van der Waals surface area contributed by atoms with E-state index >= 15 is 0 Å². The third-order valence-corrected chi connectivity index (χ3v) is 2.76. The SMILES string of the molecule is N#Cc1ccccc1OC1CCCCNC1=O. The van der Waals surface area contributed by atoms with Crippen LogP contribution < -0.4 is 10.1 Å². The van der Waals surface area contributed by atoms with Crippen molar-refractivity contribution >= 4 is 5.91 Å². The Balaban J connectivity index is 2.14. The molecule has 1 heterocycles. The first-order valence-electron chi connectivity index (χ1n) is 5.75. The van der Waals surface area contributed by atoms with Crippen LogP contribution in [0.3, 0.4) is 0 Å². The van der Waals surface area contributed by atoms with Crippen molar-refractivity contribution in [1.29, 1.82) is 5.26 Å². The summed E-state index contributed by atoms with van der Waals surface area (Å²) < 4.78 is 5.64. The fourth-order valence-corrected chi connectivity index (χ4v) is 1.84. The lowest BCUT2D eigenvalue weighted by molar-refractivity contribution is -0.127. The van der Waals surface area contributed by atoms with Crippen LogP contribution in [-0.4, -0.2) is 18.6 Å². The number of rotatable bonds is 2. The number of hydrogen-bond acceptors (Lipinski definition) is 3. The van der Waals surface area contributed by atoms with Gasteiger partial charge in [0.1, 0.15) is 11.8 Å². The number of nitrogens with one attached hydrogen (secondary N) is 1. The van der Waals surface area contributed by atoms with Gasteiger partial charge < -0.3 is 10.1 Å². The van der Waals surface area contributed by atoms with Gasteiger partial charge in [0.25, 0.3) is 5.91 Å². The van der Waals surface area contributed by atoms with Gasteiger partial charge >= 0.3 is 0 Å². The molecule has 1 aromatic rings. The summed E-state index contributed by atoms with van der Waals surface area (Å²) in [6, 6.07) is 9.04. The Morgan fingerprint density at radius 2 is 2.18 bits per heavy atom. The quantitative estimate of drug-likeness (QED) is 0.839. The molecule has 1 atom stereocenters. The molecular formula is C13H14N2O2. The minimum atomic E-state index is -0.480. The molecular weight excluding hydrogens is 216 g/mol. The van der Waals surface area contributed by atoms with Crippen LogP contribution in [0.15, 0.2) is 24.3 Å². The highest BCUT2D eigenvalue weighted by Crippen LogP contribution is 2.20. The number of para-hydroxylation sites is 1. The van der Waals surface area contributed by atoms with Crippen molar-refractivity contribution in [2.75, 3.05) is 6.54 Å². The molecule has 0 aliphatic carbocycles. The fourth-order valence-electron chi connectivity index (χ4n) is 1.84. The number of carbonyl (C=O) groups is 1. The van der Waals surface area contributed by atoms with E-state index in [2.05, 4.69) is 11.4 Å². The maximum Gasteiger partial charge on any atom is 0.261 e. The van der Waals surface area contributed by atoms with Crippen LogP contribution in [0.4, 0.5) is 0 Å². The highest BCUT2D eigenvalue weighted by molar-refractivity contribution is 5.81. The number of hydrogen-bond donors (Lipinski definition) is 1. The molecule has 88 valence electrons. The van der Waals surface area contributed by atoms with Crippen molar-refractivity contribution in [3.8, 4) is 11.8 Å². The molecule has 1 saturated heterocycles. The van der Waals surface area contributed by atoms with E-state index in [9.17, 15) is 4.79 Å². The molecule has 0 saturated carbocycles. The van der Waals surface area contributed by atoms with Gasteiger partial charge in [-0.15, -0.1) is 0 Å². The van der Waals surface area contributed by atoms with E-state index in [-0.39, 0.29) is 5.91 Å². The van der Waals surface area contributed by atoms with Crippen molar-refractivity contribution in [3.63, 3.8) is 0 Å². The largest absolute Gasteiger partial charge is 0.479 e. The van der Waals surface area contributed by atoms with E-state index in [1.807, 2.05) is 0 Å². The van der Waals surface area contributed by atoms with E-state index in [1.165, 1.54) is 0 Å². The molecule has 1 N–H and O–H groups in total. The highest BCUT2D eigenvalue weighted by atomic mass is 16.5. The molecule has 1 aliphatic heterocycles. The summed E-state index contributed by atoms with van der Waals surface area (Å²) in [6.45, 7) is 0.707. The van der Waals surface area contributed by atoms with Gasteiger partial charge in [-0.25, -0.2) is 0 Å². The predicted molar refractivity (Wildman–Crippen MR) is 62.4 cm³/mol. The van der Waals surface area contributed by atoms with E-state index in [0.717, 1.165) is 12.8 Å². The average molecular weight is 230 g/mol. The molecule has 1 amide bonds. The zero-order valence-electron chi connectivity index (χ0n) is 9.48. The van der Waals surface area contributed by atoms with E-state index < -0.39 is 6.10 Å². The van der Waals surface area contributed by atoms with Crippen LogP contribution in [0, 0.1) is 11.3 Å². The van der Waals surface area contributed by atoms with Gasteiger partial charge in [-0.2, -0.15) is 5.26 Å². The molecule has 1 unspecified atom stereocenters. The number of carbonyl (C=O) groups excluding carboxylic acids is 1. The number of benzene rings is 1. The Morgan fingerprint density at radius 1 is 1.35 bits per heavy atom. The zero-order chi connectivity index (χ0) is 12.1. The van der Waals surface area contributed by atoms with Gasteiger partial charge in [-0.1, -0.05) is 12.1 Å². The Hall–Kier alpha value is -2.02. The van der Waals surface area contributed by atoms with Crippen molar-refractivity contribution in [3.05, 3.63) is 29.8 Å². The summed E-state index contributed by atoms with van der Waals surface area (Å²) in [7, 11) is 0. The van der Waals surface area contributed by atoms with Crippen LogP contribution in [-0.2, 0) is 4.79 Å². The van der Waals surface area contributed by atoms with E-state index in [0.29, 0.717) is 24.3 Å². The summed E-state index contributed by atoms with van der Waals surface area (Å²) in [6.07, 6.45) is 2.15. The fraction of sp³-hybridized carbons (Fsp3) is 0.385. The van der Waals surface area contributed by atoms with Gasteiger partial charge in [0.05, 0.1) is 5.56 Å². The Labute approximate surface area is 100 Å². The van der Waals surface area contributed by atoms with Crippen molar-refractivity contribution in [2.24, 2.45) is 0 Å². The van der Waals surface area contributed by atoms with Crippen LogP contribution in [0.5, 0.6) is 5.75 Å². The number of nitrogens with zero attached hydrogens (tertiary/aromatic N) is 1. The molecule has 1 aliphatic rings. The molecule has 17 heavy (non-hydrogen) atoms. The first-order valence-corrected chi connectivity index (χ1v) is 5.75. The van der Waals surface area contributed by atoms with Crippen molar-refractivity contribution in [2.45, 2.75) is 25.4 Å². The Morgan fingerprint density at radius 3 is 3.00 bits per heavy atom. The number of amides is 1. The zero-order valence-corrected chi connectivity index (χ0v) is 9.48. The molecule has 0 aromatic heterocycles. The van der Waals surface area contributed by atoms with Crippen LogP contribution >= 0.6 is 0 Å². The monoisotopic (exact) mass is 230 g/mol. The lowest BCUT2D eigenvalue weighted by Crippen LogP contribution is -2.36. The Bertz CT molecular complexity index is 451. The minimum Gasteiger partial charge on any atom is -0.479 e. The van der Waals surface area contributed by atoms with E-state index in [1.54, 1.807) is 24.3 Å². The lowest BCUT2D eigenvalue weighted by Gasteiger charge is -2.16. The first kappa shape index (κ1) is 11.5. The summed E-state index contributed by atoms with van der Waals surface area (Å²) in [5.74, 6) is 0.396. The summed E-state index contributed by atoms with van der Waals surface area (Å²) >= 11 is 0. The van der Waals surface area contributed by atoms with Gasteiger partial charge in [0.15, 0.2) is 6.10 Å². The Kier molecular flexibility index (Phi) is 3.61. The predicted octanol–water partition coefficient (Wildman–Crippen LogP) is 1.61. The van der Waals surface area contributed by atoms with Gasteiger partial charge in [0, 0.05) is 6.54 Å². The smallest absolute Gasteiger partial charge is 0.261 e. The second-order valence-electron chi connectivity index (χ2n) is 4.00. The van der Waals surface area contributed by atoms with Gasteiger partial charge in [0.2, 0.25) is 0 Å². The van der Waals surface area contributed by atoms with Crippen molar-refractivity contribution < 1.29 is 9.53 Å². The van der Waals surface area contributed by atoms with Gasteiger partial charge in [-0.3, -0.25) is 4.79 Å². The second-order valence-corrected chi connectivity index (χ2v) is 4.00. The lowest BCUT2D eigenvalue weighted by atomic mass is 10.1. The molecule has 1 aromatic carbocycles. The normalized spacial score (nSPS) is 19.9. The average Bonchev–Trinajstić information content (AvgIpc) is 2.56. The standard InChI is InChI=1S/C13H14N2O2/c14-9-10-5-1-2-6-11(10)17-12-7-3-4-8-15-13(12)16/h1-2,5-6,12H,3-4,7-8H2,(H,15,16). The molecule has 2 rings (SSSR count). The third kappa shape index (κ3) is 2.76. The van der Waals surface area contributed by atoms with Crippen molar-refractivity contribution in [1.82, 2.24) is 5.32 Å². The molecule has 0 bridgehead atoms. The molecule has 1 fully saturated rings. The summed E-state index contributed by atoms with van der Waals surface area (Å²) in [5, 5.41) is 11.7. The molecule has 0 radical (unpaired) electrons. The van der Waals surface area contributed by atoms with Gasteiger partial charge in [-0.05, 0) is 31.4 Å². The van der Waals surface area contributed by atoms with Crippen LogP contribution in [0.2, 0.25) is 0 Å². The number of nitriles is 1. The highest BCUT2D eigenvalue weighted by Gasteiger charge is 2.22. The second kappa shape index (κ2) is 5.35.